The molecule has 3 N–H and O–H groups in total. The van der Waals surface area contributed by atoms with Gasteiger partial charge in [-0.05, 0) is 88.6 Å². The van der Waals surface area contributed by atoms with E-state index in [0.29, 0.717) is 16.9 Å². The van der Waals surface area contributed by atoms with E-state index in [0.717, 1.165) is 20.5 Å². The Morgan fingerprint density at radius 3 is 2.19 bits per heavy atom. The predicted octanol–water partition coefficient (Wildman–Crippen LogP) is 8.39. The van der Waals surface area contributed by atoms with E-state index in [1.807, 2.05) is 95.7 Å². The molecule has 0 aliphatic heterocycles. The molecule has 5 rings (SSSR count). The van der Waals surface area contributed by atoms with Crippen LogP contribution in [-0.2, 0) is 9.59 Å². The summed E-state index contributed by atoms with van der Waals surface area (Å²) in [5, 5.41) is 11.9. The third-order valence-electron chi connectivity index (χ3n) is 6.18. The van der Waals surface area contributed by atoms with Crippen LogP contribution in [0, 0.1) is 0 Å². The van der Waals surface area contributed by atoms with Gasteiger partial charge in [0.2, 0.25) is 5.91 Å². The summed E-state index contributed by atoms with van der Waals surface area (Å²) in [6.45, 7) is 0. The number of anilines is 2. The second kappa shape index (κ2) is 14.6. The Morgan fingerprint density at radius 1 is 0.767 bits per heavy atom. The Labute approximate surface area is 266 Å². The van der Waals surface area contributed by atoms with Gasteiger partial charge in [0.25, 0.3) is 11.8 Å². The number of amides is 3. The quantitative estimate of drug-likeness (QED) is 0.103. The minimum atomic E-state index is -0.546. The molecular formula is C34H26BrN3O3S2. The molecule has 1 heterocycles. The fourth-order valence-electron chi connectivity index (χ4n) is 4.09. The lowest BCUT2D eigenvalue weighted by atomic mass is 10.1. The molecule has 5 aromatic rings. The summed E-state index contributed by atoms with van der Waals surface area (Å²) in [5.41, 5.74) is 3.43. The number of rotatable bonds is 10. The first-order valence-corrected chi connectivity index (χ1v) is 15.9. The van der Waals surface area contributed by atoms with E-state index in [-0.39, 0.29) is 17.5 Å². The van der Waals surface area contributed by atoms with Crippen LogP contribution in [0.25, 0.3) is 6.08 Å². The molecule has 0 aliphatic carbocycles. The van der Waals surface area contributed by atoms with Crippen LogP contribution in [-0.4, -0.2) is 17.7 Å². The molecule has 0 saturated heterocycles. The lowest BCUT2D eigenvalue weighted by molar-refractivity contribution is -0.116. The molecule has 0 saturated carbocycles. The van der Waals surface area contributed by atoms with Gasteiger partial charge in [0.05, 0.1) is 0 Å². The number of carbonyl (C=O) groups is 3. The summed E-state index contributed by atoms with van der Waals surface area (Å²) in [4.78, 5) is 40.6. The van der Waals surface area contributed by atoms with Crippen molar-refractivity contribution in [1.82, 2.24) is 5.32 Å². The second-order valence-corrected chi connectivity index (χ2v) is 12.2. The summed E-state index contributed by atoms with van der Waals surface area (Å²) < 4.78 is 0.923. The molecule has 0 radical (unpaired) electrons. The molecule has 0 bridgehead atoms. The predicted molar refractivity (Wildman–Crippen MR) is 179 cm³/mol. The number of hydrogen-bond acceptors (Lipinski definition) is 5. The Bertz CT molecular complexity index is 1730. The van der Waals surface area contributed by atoms with Gasteiger partial charge < -0.3 is 16.0 Å². The fourth-order valence-corrected chi connectivity index (χ4v) is 6.06. The van der Waals surface area contributed by atoms with Gasteiger partial charge in [-0.2, -0.15) is 11.3 Å². The average Bonchev–Trinajstić information content (AvgIpc) is 3.55. The van der Waals surface area contributed by atoms with Crippen LogP contribution < -0.4 is 16.0 Å². The molecule has 0 fully saturated rings. The van der Waals surface area contributed by atoms with E-state index >= 15 is 0 Å². The van der Waals surface area contributed by atoms with Crippen LogP contribution in [0.5, 0.6) is 0 Å². The normalized spacial score (nSPS) is 11.8. The van der Waals surface area contributed by atoms with E-state index in [1.54, 1.807) is 36.4 Å². The highest BCUT2D eigenvalue weighted by atomic mass is 79.9. The van der Waals surface area contributed by atoms with E-state index in [9.17, 15) is 14.4 Å². The molecule has 214 valence electrons. The zero-order valence-corrected chi connectivity index (χ0v) is 25.9. The highest BCUT2D eigenvalue weighted by Gasteiger charge is 2.23. The topological polar surface area (TPSA) is 87.3 Å². The molecular weight excluding hydrogens is 642 g/mol. The van der Waals surface area contributed by atoms with Gasteiger partial charge in [0.1, 0.15) is 10.9 Å². The van der Waals surface area contributed by atoms with Gasteiger partial charge in [0.15, 0.2) is 0 Å². The van der Waals surface area contributed by atoms with Crippen molar-refractivity contribution < 1.29 is 14.4 Å². The highest BCUT2D eigenvalue weighted by molar-refractivity contribution is 9.10. The van der Waals surface area contributed by atoms with E-state index in [1.165, 1.54) is 23.1 Å². The third kappa shape index (κ3) is 8.54. The van der Waals surface area contributed by atoms with Crippen molar-refractivity contribution in [3.05, 3.63) is 153 Å². The Balaban J connectivity index is 1.35. The maximum atomic E-state index is 13.5. The van der Waals surface area contributed by atoms with Crippen molar-refractivity contribution in [3.63, 3.8) is 0 Å². The number of nitrogens with one attached hydrogen (secondary N) is 3. The first-order chi connectivity index (χ1) is 20.9. The standard InChI is InChI=1S/C34H26BrN3O3S2/c35-26-14-16-27(17-15-26)36-34(41)31(24-8-3-1-4-9-24)43-29-13-7-12-28(21-29)37-33(40)30(20-23-18-19-42-22-23)38-32(39)25-10-5-2-6-11-25/h1-22,31H,(H,36,41)(H,37,40)(H,38,39)/b30-20-. The van der Waals surface area contributed by atoms with Gasteiger partial charge in [-0.3, -0.25) is 14.4 Å². The molecule has 1 unspecified atom stereocenters. The van der Waals surface area contributed by atoms with Crippen molar-refractivity contribution >= 4 is 74.2 Å². The minimum absolute atomic E-state index is 0.112. The molecule has 1 aromatic heterocycles. The first-order valence-electron chi connectivity index (χ1n) is 13.2. The number of thioether (sulfide) groups is 1. The van der Waals surface area contributed by atoms with E-state index in [2.05, 4.69) is 31.9 Å². The molecule has 43 heavy (non-hydrogen) atoms. The maximum absolute atomic E-state index is 13.5. The monoisotopic (exact) mass is 667 g/mol. The molecule has 3 amide bonds. The summed E-state index contributed by atoms with van der Waals surface area (Å²) in [7, 11) is 0. The molecule has 0 aliphatic rings. The number of hydrogen-bond donors (Lipinski definition) is 3. The first kappa shape index (κ1) is 30.0. The lowest BCUT2D eigenvalue weighted by Gasteiger charge is -2.18. The summed E-state index contributed by atoms with van der Waals surface area (Å²) in [6, 6.07) is 34.8. The zero-order valence-electron chi connectivity index (χ0n) is 22.7. The number of thiophene rings is 1. The largest absolute Gasteiger partial charge is 0.325 e. The van der Waals surface area contributed by atoms with Gasteiger partial charge in [-0.15, -0.1) is 11.8 Å². The SMILES string of the molecule is O=C(Nc1cccc(SC(C(=O)Nc2ccc(Br)cc2)c2ccccc2)c1)/C(=C/c1ccsc1)NC(=O)c1ccccc1. The van der Waals surface area contributed by atoms with Gasteiger partial charge >= 0.3 is 0 Å². The van der Waals surface area contributed by atoms with Crippen molar-refractivity contribution in [3.8, 4) is 0 Å². The summed E-state index contributed by atoms with van der Waals surface area (Å²) in [5.74, 6) is -1.02. The van der Waals surface area contributed by atoms with Crippen LogP contribution in [0.2, 0.25) is 0 Å². The minimum Gasteiger partial charge on any atom is -0.325 e. The third-order valence-corrected chi connectivity index (χ3v) is 8.66. The smallest absolute Gasteiger partial charge is 0.272 e. The molecule has 9 heteroatoms. The Morgan fingerprint density at radius 2 is 1.49 bits per heavy atom. The zero-order chi connectivity index (χ0) is 30.0. The Kier molecular flexibility index (Phi) is 10.2. The van der Waals surface area contributed by atoms with Crippen LogP contribution in [0.3, 0.4) is 0 Å². The van der Waals surface area contributed by atoms with Crippen molar-refractivity contribution in [2.24, 2.45) is 0 Å². The van der Waals surface area contributed by atoms with Crippen LogP contribution in [0.15, 0.2) is 141 Å². The van der Waals surface area contributed by atoms with Crippen LogP contribution in [0.4, 0.5) is 11.4 Å². The number of carbonyl (C=O) groups excluding carboxylic acids is 3. The number of benzene rings is 4. The summed E-state index contributed by atoms with van der Waals surface area (Å²) >= 11 is 6.29. The number of halogens is 1. The fraction of sp³-hybridized carbons (Fsp3) is 0.0294. The molecule has 0 spiro atoms. The Hall–Kier alpha value is -4.44. The van der Waals surface area contributed by atoms with Gasteiger partial charge in [-0.1, -0.05) is 70.5 Å². The average molecular weight is 669 g/mol. The van der Waals surface area contributed by atoms with Crippen LogP contribution >= 0.6 is 39.0 Å². The van der Waals surface area contributed by atoms with E-state index in [4.69, 9.17) is 0 Å². The van der Waals surface area contributed by atoms with Crippen molar-refractivity contribution in [2.75, 3.05) is 10.6 Å². The van der Waals surface area contributed by atoms with Gasteiger partial charge in [0, 0.05) is 26.3 Å². The maximum Gasteiger partial charge on any atom is 0.272 e. The molecule has 6 nitrogen and oxygen atoms in total. The van der Waals surface area contributed by atoms with E-state index < -0.39 is 11.2 Å². The van der Waals surface area contributed by atoms with Crippen LogP contribution in [0.1, 0.15) is 26.7 Å². The summed E-state index contributed by atoms with van der Waals surface area (Å²) in [6.07, 6.45) is 1.64. The van der Waals surface area contributed by atoms with Crippen molar-refractivity contribution in [1.29, 1.82) is 0 Å². The lowest BCUT2D eigenvalue weighted by Crippen LogP contribution is -2.30. The molecule has 1 atom stereocenters. The van der Waals surface area contributed by atoms with Gasteiger partial charge in [-0.25, -0.2) is 0 Å². The van der Waals surface area contributed by atoms with Crippen molar-refractivity contribution in [2.45, 2.75) is 10.1 Å². The highest BCUT2D eigenvalue weighted by Crippen LogP contribution is 2.37. The molecule has 4 aromatic carbocycles. The second-order valence-electron chi connectivity index (χ2n) is 9.32.